The van der Waals surface area contributed by atoms with Gasteiger partial charge < -0.3 is 5.73 Å². The summed E-state index contributed by atoms with van der Waals surface area (Å²) in [5.41, 5.74) is 6.36. The Morgan fingerprint density at radius 3 is 2.71 bits per heavy atom. The van der Waals surface area contributed by atoms with Crippen LogP contribution in [0.15, 0.2) is 40.8 Å². The van der Waals surface area contributed by atoms with Gasteiger partial charge in [-0.3, -0.25) is 14.2 Å². The number of hydrogen-bond donors (Lipinski definition) is 1. The Kier molecular flexibility index (Phi) is 3.48. The number of carbonyl (C=O) groups is 1. The van der Waals surface area contributed by atoms with Crippen LogP contribution in [0.4, 0.5) is 0 Å². The molecule has 0 atom stereocenters. The zero-order valence-electron chi connectivity index (χ0n) is 10.7. The smallest absolute Gasteiger partial charge is 0.263 e. The molecule has 0 saturated heterocycles. The summed E-state index contributed by atoms with van der Waals surface area (Å²) in [6.45, 7) is -0.183. The number of benzene rings is 1. The van der Waals surface area contributed by atoms with E-state index in [-0.39, 0.29) is 12.1 Å². The molecule has 2 aromatic heterocycles. The average molecular weight is 320 g/mol. The van der Waals surface area contributed by atoms with Crippen LogP contribution in [0.3, 0.4) is 0 Å². The lowest BCUT2D eigenvalue weighted by Crippen LogP contribution is -2.28. The van der Waals surface area contributed by atoms with Gasteiger partial charge in [0.1, 0.15) is 6.54 Å². The van der Waals surface area contributed by atoms with Crippen molar-refractivity contribution < 1.29 is 4.79 Å². The third-order valence-electron chi connectivity index (χ3n) is 3.02. The summed E-state index contributed by atoms with van der Waals surface area (Å²) < 4.78 is 1.22. The Morgan fingerprint density at radius 2 is 2.05 bits per heavy atom. The molecule has 0 aliphatic carbocycles. The van der Waals surface area contributed by atoms with Gasteiger partial charge >= 0.3 is 0 Å². The molecule has 106 valence electrons. The van der Waals surface area contributed by atoms with Gasteiger partial charge in [-0.15, -0.1) is 11.3 Å². The molecule has 1 amide bonds. The number of hydrogen-bond acceptors (Lipinski definition) is 4. The van der Waals surface area contributed by atoms with Crippen LogP contribution in [0.1, 0.15) is 0 Å². The first-order valence-electron chi connectivity index (χ1n) is 6.07. The summed E-state index contributed by atoms with van der Waals surface area (Å²) >= 11 is 7.31. The number of aromatic nitrogens is 2. The van der Waals surface area contributed by atoms with Gasteiger partial charge in [0.2, 0.25) is 5.91 Å². The van der Waals surface area contributed by atoms with Gasteiger partial charge in [-0.05, 0) is 17.7 Å². The minimum absolute atomic E-state index is 0.183. The average Bonchev–Trinajstić information content (AvgIpc) is 2.87. The van der Waals surface area contributed by atoms with Gasteiger partial charge in [-0.1, -0.05) is 23.7 Å². The molecule has 0 saturated carbocycles. The maximum atomic E-state index is 12.5. The molecule has 0 unspecified atom stereocenters. The molecule has 7 heteroatoms. The number of nitrogens with zero attached hydrogens (tertiary/aromatic N) is 2. The Morgan fingerprint density at radius 1 is 1.33 bits per heavy atom. The molecule has 0 aliphatic rings. The Bertz CT molecular complexity index is 883. The van der Waals surface area contributed by atoms with Crippen molar-refractivity contribution in [1.29, 1.82) is 0 Å². The van der Waals surface area contributed by atoms with Crippen LogP contribution in [0.25, 0.3) is 21.3 Å². The van der Waals surface area contributed by atoms with Gasteiger partial charge in [0.15, 0.2) is 0 Å². The van der Waals surface area contributed by atoms with Crippen LogP contribution in [0, 0.1) is 0 Å². The summed E-state index contributed by atoms with van der Waals surface area (Å²) in [6, 6.07) is 7.22. The number of rotatable bonds is 3. The summed E-state index contributed by atoms with van der Waals surface area (Å²) in [7, 11) is 0. The van der Waals surface area contributed by atoms with Gasteiger partial charge in [0.05, 0.1) is 17.2 Å². The molecule has 3 aromatic rings. The zero-order chi connectivity index (χ0) is 15.0. The lowest BCUT2D eigenvalue weighted by Gasteiger charge is -2.03. The number of primary amides is 1. The van der Waals surface area contributed by atoms with Crippen LogP contribution in [-0.4, -0.2) is 15.5 Å². The van der Waals surface area contributed by atoms with E-state index < -0.39 is 5.91 Å². The summed E-state index contributed by atoms with van der Waals surface area (Å²) in [5, 5.41) is 2.94. The topological polar surface area (TPSA) is 78.0 Å². The number of halogens is 1. The number of carbonyl (C=O) groups excluding carboxylic acids is 1. The highest BCUT2D eigenvalue weighted by Gasteiger charge is 2.14. The minimum Gasteiger partial charge on any atom is -0.368 e. The Labute approximate surface area is 128 Å². The number of thiophene rings is 1. The van der Waals surface area contributed by atoms with Crippen LogP contribution in [0.2, 0.25) is 5.02 Å². The third-order valence-corrected chi connectivity index (χ3v) is 4.28. The molecule has 0 spiro atoms. The second kappa shape index (κ2) is 5.31. The van der Waals surface area contributed by atoms with Crippen LogP contribution < -0.4 is 11.3 Å². The maximum Gasteiger partial charge on any atom is 0.263 e. The predicted octanol–water partition coefficient (Wildman–Crippen LogP) is 2.26. The van der Waals surface area contributed by atoms with E-state index in [1.807, 2.05) is 17.5 Å². The van der Waals surface area contributed by atoms with Gasteiger partial charge in [-0.25, -0.2) is 4.98 Å². The van der Waals surface area contributed by atoms with Crippen LogP contribution in [0.5, 0.6) is 0 Å². The van der Waals surface area contributed by atoms with Crippen molar-refractivity contribution in [2.75, 3.05) is 0 Å². The zero-order valence-corrected chi connectivity index (χ0v) is 12.3. The van der Waals surface area contributed by atoms with E-state index in [9.17, 15) is 9.59 Å². The molecule has 3 rings (SSSR count). The fourth-order valence-corrected chi connectivity index (χ4v) is 3.19. The highest BCUT2D eigenvalue weighted by molar-refractivity contribution is 7.15. The largest absolute Gasteiger partial charge is 0.368 e. The van der Waals surface area contributed by atoms with Gasteiger partial charge in [-0.2, -0.15) is 0 Å². The summed E-state index contributed by atoms with van der Waals surface area (Å²) in [4.78, 5) is 28.5. The second-order valence-electron chi connectivity index (χ2n) is 4.48. The molecule has 0 fully saturated rings. The molecule has 2 heterocycles. The van der Waals surface area contributed by atoms with E-state index in [2.05, 4.69) is 4.98 Å². The van der Waals surface area contributed by atoms with E-state index in [1.54, 1.807) is 12.1 Å². The van der Waals surface area contributed by atoms with Crippen molar-refractivity contribution in [2.24, 2.45) is 5.73 Å². The molecule has 2 N–H and O–H groups in total. The molecule has 0 aliphatic heterocycles. The molecule has 1 aromatic carbocycles. The predicted molar refractivity (Wildman–Crippen MR) is 83.5 cm³/mol. The Hall–Kier alpha value is -2.18. The van der Waals surface area contributed by atoms with E-state index >= 15 is 0 Å². The molecule has 21 heavy (non-hydrogen) atoms. The van der Waals surface area contributed by atoms with Crippen molar-refractivity contribution in [3.63, 3.8) is 0 Å². The van der Waals surface area contributed by atoms with E-state index in [0.717, 1.165) is 10.4 Å². The lowest BCUT2D eigenvalue weighted by molar-refractivity contribution is -0.118. The molecular formula is C14H10ClN3O2S. The molecule has 0 bridgehead atoms. The summed E-state index contributed by atoms with van der Waals surface area (Å²) in [6.07, 6.45) is 1.34. The van der Waals surface area contributed by atoms with Crippen molar-refractivity contribution in [1.82, 2.24) is 9.55 Å². The molecule has 0 radical (unpaired) electrons. The van der Waals surface area contributed by atoms with E-state index in [0.29, 0.717) is 15.9 Å². The number of fused-ring (bicyclic) bond motifs is 1. The van der Waals surface area contributed by atoms with E-state index in [4.69, 9.17) is 17.3 Å². The first-order chi connectivity index (χ1) is 10.1. The SMILES string of the molecule is NC(=O)Cn1cnc2csc(-c3ccc(Cl)cc3)c2c1=O. The van der Waals surface area contributed by atoms with Crippen molar-refractivity contribution in [2.45, 2.75) is 6.54 Å². The first kappa shape index (κ1) is 13.8. The first-order valence-corrected chi connectivity index (χ1v) is 7.33. The number of nitrogens with two attached hydrogens (primary N) is 1. The standard InChI is InChI=1S/C14H10ClN3O2S/c15-9-3-1-8(2-4-9)13-12-10(6-21-13)17-7-18(14(12)20)5-11(16)19/h1-4,6-7H,5H2,(H2,16,19). The van der Waals surface area contributed by atoms with Gasteiger partial charge in [0, 0.05) is 15.3 Å². The highest BCUT2D eigenvalue weighted by atomic mass is 35.5. The molecular weight excluding hydrogens is 310 g/mol. The highest BCUT2D eigenvalue weighted by Crippen LogP contribution is 2.32. The van der Waals surface area contributed by atoms with Crippen LogP contribution >= 0.6 is 22.9 Å². The fourth-order valence-electron chi connectivity index (χ4n) is 2.07. The number of amides is 1. The third kappa shape index (κ3) is 2.55. The van der Waals surface area contributed by atoms with Crippen LogP contribution in [-0.2, 0) is 11.3 Å². The monoisotopic (exact) mass is 319 g/mol. The lowest BCUT2D eigenvalue weighted by atomic mass is 10.1. The minimum atomic E-state index is -0.582. The van der Waals surface area contributed by atoms with Crippen molar-refractivity contribution >= 4 is 39.7 Å². The van der Waals surface area contributed by atoms with Crippen molar-refractivity contribution in [3.05, 3.63) is 51.3 Å². The second-order valence-corrected chi connectivity index (χ2v) is 5.79. The van der Waals surface area contributed by atoms with Gasteiger partial charge in [0.25, 0.3) is 5.56 Å². The van der Waals surface area contributed by atoms with Crippen molar-refractivity contribution in [3.8, 4) is 10.4 Å². The maximum absolute atomic E-state index is 12.5. The fraction of sp³-hybridized carbons (Fsp3) is 0.0714. The quantitative estimate of drug-likeness (QED) is 0.804. The Balaban J connectivity index is 2.22. The van der Waals surface area contributed by atoms with E-state index in [1.165, 1.54) is 22.2 Å². The summed E-state index contributed by atoms with van der Waals surface area (Å²) in [5.74, 6) is -0.582. The molecule has 5 nitrogen and oxygen atoms in total. The normalized spacial score (nSPS) is 10.9.